The van der Waals surface area contributed by atoms with Crippen LogP contribution in [-0.4, -0.2) is 0 Å². The summed E-state index contributed by atoms with van der Waals surface area (Å²) in [5.74, 6) is 0. The van der Waals surface area contributed by atoms with Crippen molar-refractivity contribution < 1.29 is 9.73 Å². The average molecular weight is 280 g/mol. The highest BCUT2D eigenvalue weighted by molar-refractivity contribution is 5.80. The maximum atomic E-state index is 11.7. The van der Waals surface area contributed by atoms with E-state index in [0.717, 1.165) is 29.6 Å². The lowest BCUT2D eigenvalue weighted by Gasteiger charge is -2.06. The predicted molar refractivity (Wildman–Crippen MR) is 83.0 cm³/mol. The van der Waals surface area contributed by atoms with Crippen molar-refractivity contribution in [1.29, 1.82) is 0 Å². The van der Waals surface area contributed by atoms with Gasteiger partial charge in [0.2, 0.25) is 0 Å². The number of fused-ring (bicyclic) bond motifs is 1. The molecule has 3 aromatic rings. The Labute approximate surface area is 123 Å². The highest BCUT2D eigenvalue weighted by atomic mass is 16.4. The summed E-state index contributed by atoms with van der Waals surface area (Å²) >= 11 is 0. The lowest BCUT2D eigenvalue weighted by atomic mass is 10.1. The van der Waals surface area contributed by atoms with Crippen molar-refractivity contribution in [2.45, 2.75) is 20.0 Å². The van der Waals surface area contributed by atoms with Crippen LogP contribution in [0.15, 0.2) is 63.8 Å². The minimum Gasteiger partial charge on any atom is -0.423 e. The molecule has 0 aliphatic carbocycles. The van der Waals surface area contributed by atoms with Gasteiger partial charge in [-0.3, -0.25) is 0 Å². The molecule has 2 N–H and O–H groups in total. The smallest absolute Gasteiger partial charge is 0.336 e. The largest absolute Gasteiger partial charge is 0.423 e. The zero-order valence-corrected chi connectivity index (χ0v) is 12.0. The van der Waals surface area contributed by atoms with Crippen LogP contribution >= 0.6 is 0 Å². The van der Waals surface area contributed by atoms with Gasteiger partial charge in [0, 0.05) is 22.6 Å². The summed E-state index contributed by atoms with van der Waals surface area (Å²) in [6.07, 6.45) is 0. The van der Waals surface area contributed by atoms with Gasteiger partial charge in [0.05, 0.1) is 0 Å². The first-order valence-electron chi connectivity index (χ1n) is 7.11. The van der Waals surface area contributed by atoms with Gasteiger partial charge >= 0.3 is 5.63 Å². The Hall–Kier alpha value is -2.39. The zero-order valence-electron chi connectivity index (χ0n) is 12.0. The third kappa shape index (κ3) is 3.20. The van der Waals surface area contributed by atoms with Crippen molar-refractivity contribution in [2.75, 3.05) is 0 Å². The molecule has 0 spiro atoms. The van der Waals surface area contributed by atoms with Gasteiger partial charge in [-0.05, 0) is 18.6 Å². The van der Waals surface area contributed by atoms with Crippen LogP contribution in [0.2, 0.25) is 0 Å². The zero-order chi connectivity index (χ0) is 14.7. The Balaban J connectivity index is 1.82. The summed E-state index contributed by atoms with van der Waals surface area (Å²) in [6, 6.07) is 17.9. The molecule has 0 bridgehead atoms. The number of nitrogens with two attached hydrogens (primary N) is 1. The molecular formula is C18H18NO2+. The van der Waals surface area contributed by atoms with Crippen molar-refractivity contribution in [3.05, 3.63) is 81.7 Å². The fourth-order valence-electron chi connectivity index (χ4n) is 2.51. The molecular weight excluding hydrogens is 262 g/mol. The third-order valence-electron chi connectivity index (χ3n) is 3.57. The Morgan fingerprint density at radius 3 is 2.62 bits per heavy atom. The van der Waals surface area contributed by atoms with E-state index < -0.39 is 0 Å². The fraction of sp³-hybridized carbons (Fsp3) is 0.167. The lowest BCUT2D eigenvalue weighted by Crippen LogP contribution is -2.80. The Kier molecular flexibility index (Phi) is 3.84. The molecule has 0 atom stereocenters. The summed E-state index contributed by atoms with van der Waals surface area (Å²) in [6.45, 7) is 3.65. The molecule has 3 nitrogen and oxygen atoms in total. The van der Waals surface area contributed by atoms with Crippen LogP contribution in [-0.2, 0) is 13.1 Å². The van der Waals surface area contributed by atoms with Crippen molar-refractivity contribution in [3.8, 4) is 0 Å². The molecule has 0 aliphatic rings. The molecule has 0 aliphatic heterocycles. The van der Waals surface area contributed by atoms with Crippen LogP contribution in [0.4, 0.5) is 0 Å². The van der Waals surface area contributed by atoms with E-state index in [1.54, 1.807) is 6.07 Å². The molecule has 3 rings (SSSR count). The van der Waals surface area contributed by atoms with Crippen LogP contribution in [0, 0.1) is 6.92 Å². The molecule has 1 aromatic heterocycles. The number of benzene rings is 2. The maximum absolute atomic E-state index is 11.7. The van der Waals surface area contributed by atoms with Crippen LogP contribution in [0.1, 0.15) is 16.7 Å². The van der Waals surface area contributed by atoms with E-state index in [4.69, 9.17) is 4.42 Å². The topological polar surface area (TPSA) is 46.8 Å². The quantitative estimate of drug-likeness (QED) is 0.746. The molecule has 0 saturated carbocycles. The molecule has 1 heterocycles. The number of hydrogen-bond acceptors (Lipinski definition) is 2. The Morgan fingerprint density at radius 2 is 1.81 bits per heavy atom. The van der Waals surface area contributed by atoms with Crippen molar-refractivity contribution in [1.82, 2.24) is 0 Å². The van der Waals surface area contributed by atoms with Gasteiger partial charge in [0.25, 0.3) is 0 Å². The molecule has 0 saturated heterocycles. The molecule has 3 heteroatoms. The normalized spacial score (nSPS) is 10.9. The van der Waals surface area contributed by atoms with Gasteiger partial charge in [0.1, 0.15) is 18.7 Å². The van der Waals surface area contributed by atoms with Crippen LogP contribution < -0.4 is 10.9 Å². The van der Waals surface area contributed by atoms with Gasteiger partial charge in [0.15, 0.2) is 0 Å². The fourth-order valence-corrected chi connectivity index (χ4v) is 2.51. The van der Waals surface area contributed by atoms with E-state index in [1.807, 2.05) is 43.3 Å². The summed E-state index contributed by atoms with van der Waals surface area (Å²) in [7, 11) is 0. The minimum atomic E-state index is -0.281. The van der Waals surface area contributed by atoms with Crippen LogP contribution in [0.25, 0.3) is 11.0 Å². The molecule has 0 fully saturated rings. The van der Waals surface area contributed by atoms with E-state index in [9.17, 15) is 4.79 Å². The number of rotatable bonds is 4. The second-order valence-electron chi connectivity index (χ2n) is 5.27. The number of quaternary nitrogens is 1. The molecule has 106 valence electrons. The average Bonchev–Trinajstić information content (AvgIpc) is 2.47. The second-order valence-corrected chi connectivity index (χ2v) is 5.27. The van der Waals surface area contributed by atoms with Gasteiger partial charge in [-0.25, -0.2) is 4.79 Å². The monoisotopic (exact) mass is 280 g/mol. The van der Waals surface area contributed by atoms with E-state index in [-0.39, 0.29) is 5.63 Å². The second kappa shape index (κ2) is 5.94. The minimum absolute atomic E-state index is 0.281. The first kappa shape index (κ1) is 13.6. The maximum Gasteiger partial charge on any atom is 0.336 e. The van der Waals surface area contributed by atoms with E-state index in [1.165, 1.54) is 5.56 Å². The van der Waals surface area contributed by atoms with E-state index >= 15 is 0 Å². The number of aryl methyl sites for hydroxylation is 1. The first-order chi connectivity index (χ1) is 10.2. The molecule has 21 heavy (non-hydrogen) atoms. The summed E-state index contributed by atoms with van der Waals surface area (Å²) in [5, 5.41) is 3.22. The van der Waals surface area contributed by atoms with Gasteiger partial charge in [-0.15, -0.1) is 0 Å². The summed E-state index contributed by atoms with van der Waals surface area (Å²) in [4.78, 5) is 11.7. The van der Waals surface area contributed by atoms with Crippen LogP contribution in [0.5, 0.6) is 0 Å². The lowest BCUT2D eigenvalue weighted by molar-refractivity contribution is -0.686. The van der Waals surface area contributed by atoms with Gasteiger partial charge < -0.3 is 9.73 Å². The van der Waals surface area contributed by atoms with Crippen molar-refractivity contribution >= 4 is 11.0 Å². The third-order valence-corrected chi connectivity index (χ3v) is 3.57. The molecule has 0 radical (unpaired) electrons. The highest BCUT2D eigenvalue weighted by Crippen LogP contribution is 2.17. The van der Waals surface area contributed by atoms with Gasteiger partial charge in [-0.2, -0.15) is 0 Å². The number of hydrogen-bond donors (Lipinski definition) is 1. The Bertz CT molecular complexity index is 806. The van der Waals surface area contributed by atoms with Crippen molar-refractivity contribution in [2.24, 2.45) is 0 Å². The highest BCUT2D eigenvalue weighted by Gasteiger charge is 2.07. The molecule has 0 amide bonds. The summed E-state index contributed by atoms with van der Waals surface area (Å²) < 4.78 is 5.28. The van der Waals surface area contributed by atoms with Crippen LogP contribution in [0.3, 0.4) is 0 Å². The SMILES string of the molecule is Cc1ccc2c(C[NH2+]Cc3ccccc3)cc(=O)oc2c1. The predicted octanol–water partition coefficient (Wildman–Crippen LogP) is 2.37. The van der Waals surface area contributed by atoms with E-state index in [2.05, 4.69) is 17.4 Å². The van der Waals surface area contributed by atoms with E-state index in [0.29, 0.717) is 5.58 Å². The standard InChI is InChI=1S/C18H17NO2/c1-13-7-8-16-15(10-18(20)21-17(16)9-13)12-19-11-14-5-3-2-4-6-14/h2-10,19H,11-12H2,1H3/p+1. The summed E-state index contributed by atoms with van der Waals surface area (Å²) in [5.41, 5.74) is 3.79. The first-order valence-corrected chi connectivity index (χ1v) is 7.11. The van der Waals surface area contributed by atoms with Gasteiger partial charge in [-0.1, -0.05) is 42.5 Å². The van der Waals surface area contributed by atoms with Crippen molar-refractivity contribution in [3.63, 3.8) is 0 Å². The molecule has 2 aromatic carbocycles. The molecule has 0 unspecified atom stereocenters. The Morgan fingerprint density at radius 1 is 1.00 bits per heavy atom.